The molecule has 7 heteroatoms. The fraction of sp³-hybridized carbons (Fsp3) is 0.200. The van der Waals surface area contributed by atoms with E-state index in [0.29, 0.717) is 20.7 Å². The van der Waals surface area contributed by atoms with Crippen molar-refractivity contribution in [3.63, 3.8) is 0 Å². The first-order chi connectivity index (χ1) is 13.1. The van der Waals surface area contributed by atoms with Gasteiger partial charge in [0.25, 0.3) is 5.91 Å². The normalized spacial score (nSPS) is 14.0. The number of hydrogen-bond donors (Lipinski definition) is 1. The monoisotopic (exact) mass is 417 g/mol. The van der Waals surface area contributed by atoms with Crippen LogP contribution in [0.25, 0.3) is 0 Å². The number of rotatable bonds is 4. The van der Waals surface area contributed by atoms with Crippen molar-refractivity contribution in [2.24, 2.45) is 0 Å². The van der Waals surface area contributed by atoms with Gasteiger partial charge in [-0.2, -0.15) is 0 Å². The Labute approximate surface area is 171 Å². The maximum atomic E-state index is 12.4. The highest BCUT2D eigenvalue weighted by Crippen LogP contribution is 2.25. The van der Waals surface area contributed by atoms with E-state index in [-0.39, 0.29) is 5.91 Å². The van der Waals surface area contributed by atoms with Crippen molar-refractivity contribution >= 4 is 45.6 Å². The van der Waals surface area contributed by atoms with E-state index in [1.165, 1.54) is 22.5 Å². The number of nitrogens with one attached hydrogen (secondary N) is 1. The number of nitrogens with zero attached hydrogens (tertiary/aromatic N) is 2. The van der Waals surface area contributed by atoms with E-state index >= 15 is 0 Å². The second-order valence-electron chi connectivity index (χ2n) is 6.45. The molecule has 4 rings (SSSR count). The van der Waals surface area contributed by atoms with Crippen molar-refractivity contribution in [3.05, 3.63) is 80.3 Å². The summed E-state index contributed by atoms with van der Waals surface area (Å²) in [6.07, 6.45) is 1.05. The largest absolute Gasteiger partial charge is 0.298 e. The van der Waals surface area contributed by atoms with Crippen LogP contribution in [0.1, 0.15) is 27.2 Å². The lowest BCUT2D eigenvalue weighted by Crippen LogP contribution is -2.30. The van der Waals surface area contributed by atoms with E-state index in [1.807, 2.05) is 5.38 Å². The molecular weight excluding hydrogens is 401 g/mol. The van der Waals surface area contributed by atoms with Gasteiger partial charge >= 0.3 is 0 Å². The van der Waals surface area contributed by atoms with Crippen LogP contribution >= 0.6 is 34.5 Å². The van der Waals surface area contributed by atoms with E-state index < -0.39 is 0 Å². The third-order valence-electron chi connectivity index (χ3n) is 4.54. The van der Waals surface area contributed by atoms with Crippen LogP contribution in [-0.2, 0) is 19.5 Å². The maximum absolute atomic E-state index is 12.4. The predicted octanol–water partition coefficient (Wildman–Crippen LogP) is 5.26. The van der Waals surface area contributed by atoms with Gasteiger partial charge in [-0.25, -0.2) is 4.98 Å². The summed E-state index contributed by atoms with van der Waals surface area (Å²) < 4.78 is 0. The number of fused-ring (bicyclic) bond motifs is 1. The highest BCUT2D eigenvalue weighted by Gasteiger charge is 2.18. The van der Waals surface area contributed by atoms with Crippen LogP contribution in [0.5, 0.6) is 0 Å². The van der Waals surface area contributed by atoms with E-state index in [1.54, 1.807) is 18.2 Å². The summed E-state index contributed by atoms with van der Waals surface area (Å²) >= 11 is 13.4. The first-order valence-corrected chi connectivity index (χ1v) is 10.2. The quantitative estimate of drug-likeness (QED) is 0.629. The van der Waals surface area contributed by atoms with Gasteiger partial charge in [0.1, 0.15) is 0 Å². The minimum Gasteiger partial charge on any atom is -0.298 e. The van der Waals surface area contributed by atoms with Crippen molar-refractivity contribution < 1.29 is 4.79 Å². The molecule has 138 valence electrons. The molecule has 3 aromatic rings. The molecule has 0 saturated carbocycles. The number of halogens is 2. The van der Waals surface area contributed by atoms with Crippen molar-refractivity contribution in [3.8, 4) is 0 Å². The molecule has 0 fully saturated rings. The summed E-state index contributed by atoms with van der Waals surface area (Å²) in [4.78, 5) is 19.3. The molecule has 2 aromatic carbocycles. The fourth-order valence-corrected chi connectivity index (χ4v) is 4.38. The van der Waals surface area contributed by atoms with Gasteiger partial charge in [-0.05, 0) is 35.7 Å². The average molecular weight is 418 g/mol. The summed E-state index contributed by atoms with van der Waals surface area (Å²) in [7, 11) is 0. The Balaban J connectivity index is 1.40. The topological polar surface area (TPSA) is 45.2 Å². The summed E-state index contributed by atoms with van der Waals surface area (Å²) in [6, 6.07) is 13.4. The molecule has 0 unspecified atom stereocenters. The highest BCUT2D eigenvalue weighted by atomic mass is 35.5. The molecule has 1 aromatic heterocycles. The number of amides is 1. The van der Waals surface area contributed by atoms with Crippen LogP contribution in [-0.4, -0.2) is 22.3 Å². The van der Waals surface area contributed by atoms with Crippen molar-refractivity contribution in [2.75, 3.05) is 11.9 Å². The van der Waals surface area contributed by atoms with E-state index in [2.05, 4.69) is 39.5 Å². The predicted molar refractivity (Wildman–Crippen MR) is 111 cm³/mol. The zero-order valence-corrected chi connectivity index (χ0v) is 16.7. The Morgan fingerprint density at radius 2 is 2.00 bits per heavy atom. The molecule has 1 aliphatic rings. The molecule has 1 aliphatic heterocycles. The summed E-state index contributed by atoms with van der Waals surface area (Å²) in [5.41, 5.74) is 4.15. The van der Waals surface area contributed by atoms with Gasteiger partial charge in [0, 0.05) is 30.0 Å². The Kier molecular flexibility index (Phi) is 5.45. The van der Waals surface area contributed by atoms with Gasteiger partial charge < -0.3 is 0 Å². The van der Waals surface area contributed by atoms with Crippen LogP contribution in [0.15, 0.2) is 47.8 Å². The molecule has 0 radical (unpaired) electrons. The first-order valence-electron chi connectivity index (χ1n) is 8.58. The molecule has 2 heterocycles. The van der Waals surface area contributed by atoms with Gasteiger partial charge in [-0.15, -0.1) is 11.3 Å². The molecule has 1 N–H and O–H groups in total. The lowest BCUT2D eigenvalue weighted by Gasteiger charge is -2.27. The van der Waals surface area contributed by atoms with Crippen molar-refractivity contribution in [1.29, 1.82) is 0 Å². The molecule has 4 nitrogen and oxygen atoms in total. The van der Waals surface area contributed by atoms with Gasteiger partial charge in [0.15, 0.2) is 5.13 Å². The smallest absolute Gasteiger partial charge is 0.258 e. The van der Waals surface area contributed by atoms with E-state index in [0.717, 1.165) is 31.7 Å². The second kappa shape index (κ2) is 7.98. The SMILES string of the molecule is O=C(Nc1nc(CN2CCc3ccccc3C2)cs1)c1ccc(Cl)cc1Cl. The van der Waals surface area contributed by atoms with Gasteiger partial charge in [0.05, 0.1) is 16.3 Å². The summed E-state index contributed by atoms with van der Waals surface area (Å²) in [5.74, 6) is -0.288. The Hall–Kier alpha value is -1.92. The maximum Gasteiger partial charge on any atom is 0.258 e. The van der Waals surface area contributed by atoms with Crippen molar-refractivity contribution in [2.45, 2.75) is 19.5 Å². The van der Waals surface area contributed by atoms with Crippen LogP contribution in [0.3, 0.4) is 0 Å². The van der Waals surface area contributed by atoms with E-state index in [9.17, 15) is 4.79 Å². The number of carbonyl (C=O) groups excluding carboxylic acids is 1. The minimum absolute atomic E-state index is 0.288. The van der Waals surface area contributed by atoms with E-state index in [4.69, 9.17) is 23.2 Å². The molecule has 0 saturated heterocycles. The van der Waals surface area contributed by atoms with Gasteiger partial charge in [-0.1, -0.05) is 47.5 Å². The summed E-state index contributed by atoms with van der Waals surface area (Å²) in [5, 5.41) is 6.19. The molecule has 27 heavy (non-hydrogen) atoms. The fourth-order valence-electron chi connectivity index (χ4n) is 3.19. The Morgan fingerprint density at radius 1 is 1.19 bits per heavy atom. The Morgan fingerprint density at radius 3 is 2.81 bits per heavy atom. The number of benzene rings is 2. The molecule has 0 aliphatic carbocycles. The first kappa shape index (κ1) is 18.4. The number of aromatic nitrogens is 1. The standard InChI is InChI=1S/C20H17Cl2N3OS/c21-15-5-6-17(18(22)9-15)19(26)24-20-23-16(12-27-20)11-25-8-7-13-3-1-2-4-14(13)10-25/h1-6,9,12H,7-8,10-11H2,(H,23,24,26). The second-order valence-corrected chi connectivity index (χ2v) is 8.15. The molecule has 0 spiro atoms. The average Bonchev–Trinajstić information content (AvgIpc) is 3.08. The molecule has 0 bridgehead atoms. The minimum atomic E-state index is -0.288. The third-order valence-corrected chi connectivity index (χ3v) is 5.90. The lowest BCUT2D eigenvalue weighted by atomic mass is 10.00. The van der Waals surface area contributed by atoms with Crippen molar-refractivity contribution in [1.82, 2.24) is 9.88 Å². The number of carbonyl (C=O) groups is 1. The number of thiazole rings is 1. The number of hydrogen-bond acceptors (Lipinski definition) is 4. The zero-order chi connectivity index (χ0) is 18.8. The van der Waals surface area contributed by atoms with Gasteiger partial charge in [-0.3, -0.25) is 15.0 Å². The highest BCUT2D eigenvalue weighted by molar-refractivity contribution is 7.14. The van der Waals surface area contributed by atoms with Crippen LogP contribution < -0.4 is 5.32 Å². The zero-order valence-electron chi connectivity index (χ0n) is 14.4. The Bertz CT molecular complexity index is 989. The molecule has 1 amide bonds. The van der Waals surface area contributed by atoms with Gasteiger partial charge in [0.2, 0.25) is 0 Å². The lowest BCUT2D eigenvalue weighted by molar-refractivity contribution is 0.102. The van der Waals surface area contributed by atoms with Crippen LogP contribution in [0, 0.1) is 0 Å². The molecular formula is C20H17Cl2N3OS. The van der Waals surface area contributed by atoms with Crippen LogP contribution in [0.4, 0.5) is 5.13 Å². The summed E-state index contributed by atoms with van der Waals surface area (Å²) in [6.45, 7) is 2.70. The number of anilines is 1. The molecule has 0 atom stereocenters. The van der Waals surface area contributed by atoms with Crippen LogP contribution in [0.2, 0.25) is 10.0 Å². The third kappa shape index (κ3) is 4.33.